The average molecular weight is 342 g/mol. The Kier molecular flexibility index (Phi) is 4.40. The van der Waals surface area contributed by atoms with Crippen molar-refractivity contribution >= 4 is 17.0 Å². The molecule has 0 aliphatic heterocycles. The molecule has 0 saturated heterocycles. The van der Waals surface area contributed by atoms with Crippen molar-refractivity contribution < 1.29 is 9.21 Å². The highest BCUT2D eigenvalue weighted by Crippen LogP contribution is 2.35. The summed E-state index contributed by atoms with van der Waals surface area (Å²) >= 11 is 0. The zero-order valence-electron chi connectivity index (χ0n) is 14.8. The van der Waals surface area contributed by atoms with Crippen molar-refractivity contribution in [1.29, 1.82) is 0 Å². The molecule has 0 unspecified atom stereocenters. The summed E-state index contributed by atoms with van der Waals surface area (Å²) in [6.45, 7) is 2.69. The lowest BCUT2D eigenvalue weighted by Gasteiger charge is -2.36. The van der Waals surface area contributed by atoms with Crippen LogP contribution in [0.3, 0.4) is 0 Å². The number of para-hydroxylation sites is 2. The highest BCUT2D eigenvalue weighted by atomic mass is 16.4. The molecule has 1 amide bonds. The molecule has 25 heavy (non-hydrogen) atoms. The maximum Gasteiger partial charge on any atom is 0.419 e. The van der Waals surface area contributed by atoms with Gasteiger partial charge in [-0.2, -0.15) is 0 Å². The average Bonchev–Trinajstić information content (AvgIpc) is 3.38. The molecule has 5 nitrogen and oxygen atoms in total. The molecular formula is C20H26N2O3. The van der Waals surface area contributed by atoms with Crippen LogP contribution < -0.4 is 5.76 Å². The number of hydrogen-bond donors (Lipinski definition) is 0. The van der Waals surface area contributed by atoms with E-state index < -0.39 is 0 Å². The van der Waals surface area contributed by atoms with Crippen LogP contribution in [0.4, 0.5) is 0 Å². The third kappa shape index (κ3) is 3.37. The van der Waals surface area contributed by atoms with Gasteiger partial charge < -0.3 is 9.32 Å². The van der Waals surface area contributed by atoms with Gasteiger partial charge in [-0.05, 0) is 56.6 Å². The van der Waals surface area contributed by atoms with Gasteiger partial charge in [-0.1, -0.05) is 19.1 Å². The summed E-state index contributed by atoms with van der Waals surface area (Å²) in [4.78, 5) is 27.2. The molecule has 1 aromatic heterocycles. The van der Waals surface area contributed by atoms with Gasteiger partial charge in [-0.15, -0.1) is 0 Å². The van der Waals surface area contributed by atoms with E-state index in [4.69, 9.17) is 4.42 Å². The second-order valence-corrected chi connectivity index (χ2v) is 7.68. The standard InChI is InChI=1S/C20H26N2O3/c1-14-6-8-15(9-7-14)22(16-10-11-16)19(23)12-13-21-17-4-2-3-5-18(17)25-20(21)24/h2-5,14-16H,6-13H2,1H3. The zero-order valence-corrected chi connectivity index (χ0v) is 14.8. The number of benzene rings is 1. The molecule has 0 N–H and O–H groups in total. The SMILES string of the molecule is CC1CCC(N(C(=O)CCn2c(=O)oc3ccccc32)C2CC2)CC1. The summed E-state index contributed by atoms with van der Waals surface area (Å²) in [6.07, 6.45) is 7.31. The molecule has 2 aromatic rings. The Balaban J connectivity index is 1.46. The van der Waals surface area contributed by atoms with Crippen molar-refractivity contribution in [2.24, 2.45) is 5.92 Å². The molecular weight excluding hydrogens is 316 g/mol. The summed E-state index contributed by atoms with van der Waals surface area (Å²) < 4.78 is 6.85. The van der Waals surface area contributed by atoms with Gasteiger partial charge in [0, 0.05) is 25.0 Å². The van der Waals surface area contributed by atoms with Gasteiger partial charge in [-0.25, -0.2) is 4.79 Å². The van der Waals surface area contributed by atoms with Crippen LogP contribution in [0.5, 0.6) is 0 Å². The molecule has 2 fully saturated rings. The minimum absolute atomic E-state index is 0.194. The third-order valence-electron chi connectivity index (χ3n) is 5.73. The van der Waals surface area contributed by atoms with Crippen LogP contribution in [0.25, 0.3) is 11.1 Å². The summed E-state index contributed by atoms with van der Waals surface area (Å²) in [7, 11) is 0. The van der Waals surface area contributed by atoms with Crippen molar-refractivity contribution in [3.8, 4) is 0 Å². The first-order valence-corrected chi connectivity index (χ1v) is 9.53. The number of carbonyl (C=O) groups is 1. The van der Waals surface area contributed by atoms with Crippen LogP contribution in [-0.4, -0.2) is 27.5 Å². The number of carbonyl (C=O) groups excluding carboxylic acids is 1. The minimum Gasteiger partial charge on any atom is -0.408 e. The van der Waals surface area contributed by atoms with Gasteiger partial charge in [0.2, 0.25) is 5.91 Å². The normalized spacial score (nSPS) is 23.7. The van der Waals surface area contributed by atoms with E-state index in [0.717, 1.165) is 37.1 Å². The third-order valence-corrected chi connectivity index (χ3v) is 5.73. The van der Waals surface area contributed by atoms with E-state index in [2.05, 4.69) is 11.8 Å². The molecule has 0 radical (unpaired) electrons. The number of aryl methyl sites for hydroxylation is 1. The topological polar surface area (TPSA) is 55.5 Å². The minimum atomic E-state index is -0.376. The number of rotatable bonds is 5. The van der Waals surface area contributed by atoms with Crippen LogP contribution in [0.2, 0.25) is 0 Å². The first-order valence-electron chi connectivity index (χ1n) is 9.53. The largest absolute Gasteiger partial charge is 0.419 e. The van der Waals surface area contributed by atoms with Gasteiger partial charge in [0.25, 0.3) is 0 Å². The summed E-state index contributed by atoms with van der Waals surface area (Å²) in [5, 5.41) is 0. The van der Waals surface area contributed by atoms with Crippen LogP contribution in [0.1, 0.15) is 51.9 Å². The molecule has 2 aliphatic rings. The molecule has 5 heteroatoms. The number of aromatic nitrogens is 1. The van der Waals surface area contributed by atoms with E-state index >= 15 is 0 Å². The van der Waals surface area contributed by atoms with E-state index in [9.17, 15) is 9.59 Å². The summed E-state index contributed by atoms with van der Waals surface area (Å²) in [6, 6.07) is 8.22. The van der Waals surface area contributed by atoms with E-state index in [1.807, 2.05) is 18.2 Å². The van der Waals surface area contributed by atoms with E-state index in [1.54, 1.807) is 10.6 Å². The monoisotopic (exact) mass is 342 g/mol. The predicted molar refractivity (Wildman–Crippen MR) is 96.4 cm³/mol. The maximum absolute atomic E-state index is 12.9. The zero-order chi connectivity index (χ0) is 17.4. The lowest BCUT2D eigenvalue weighted by atomic mass is 9.86. The maximum atomic E-state index is 12.9. The van der Waals surface area contributed by atoms with E-state index in [0.29, 0.717) is 30.6 Å². The van der Waals surface area contributed by atoms with Gasteiger partial charge >= 0.3 is 5.76 Å². The van der Waals surface area contributed by atoms with Gasteiger partial charge in [0.15, 0.2) is 5.58 Å². The van der Waals surface area contributed by atoms with Crippen LogP contribution >= 0.6 is 0 Å². The van der Waals surface area contributed by atoms with Crippen molar-refractivity contribution in [2.75, 3.05) is 0 Å². The fourth-order valence-electron chi connectivity index (χ4n) is 4.14. The molecule has 0 spiro atoms. The van der Waals surface area contributed by atoms with E-state index in [-0.39, 0.29) is 11.7 Å². The fourth-order valence-corrected chi connectivity index (χ4v) is 4.14. The second kappa shape index (κ2) is 6.70. The molecule has 0 bridgehead atoms. The molecule has 4 rings (SSSR count). The Hall–Kier alpha value is -2.04. The second-order valence-electron chi connectivity index (χ2n) is 7.68. The van der Waals surface area contributed by atoms with Crippen molar-refractivity contribution in [2.45, 2.75) is 70.5 Å². The smallest absolute Gasteiger partial charge is 0.408 e. The fraction of sp³-hybridized carbons (Fsp3) is 0.600. The Bertz CT molecular complexity index is 810. The summed E-state index contributed by atoms with van der Waals surface area (Å²) in [5.74, 6) is 0.598. The molecule has 134 valence electrons. The quantitative estimate of drug-likeness (QED) is 0.835. The van der Waals surface area contributed by atoms with Crippen molar-refractivity contribution in [3.05, 3.63) is 34.8 Å². The first-order chi connectivity index (χ1) is 12.1. The molecule has 0 atom stereocenters. The Morgan fingerprint density at radius 1 is 1.12 bits per heavy atom. The number of hydrogen-bond acceptors (Lipinski definition) is 3. The Morgan fingerprint density at radius 3 is 2.44 bits per heavy atom. The highest BCUT2D eigenvalue weighted by Gasteiger charge is 2.38. The van der Waals surface area contributed by atoms with Crippen LogP contribution in [0.15, 0.2) is 33.5 Å². The van der Waals surface area contributed by atoms with Crippen LogP contribution in [-0.2, 0) is 11.3 Å². The molecule has 1 aromatic carbocycles. The predicted octanol–water partition coefficient (Wildman–Crippen LogP) is 3.55. The Labute approximate surface area is 147 Å². The molecule has 2 saturated carbocycles. The van der Waals surface area contributed by atoms with Crippen molar-refractivity contribution in [1.82, 2.24) is 9.47 Å². The molecule has 2 aliphatic carbocycles. The Morgan fingerprint density at radius 2 is 1.76 bits per heavy atom. The van der Waals surface area contributed by atoms with Gasteiger partial charge in [-0.3, -0.25) is 9.36 Å². The molecule has 1 heterocycles. The lowest BCUT2D eigenvalue weighted by Crippen LogP contribution is -2.44. The first kappa shape index (κ1) is 16.4. The number of oxazole rings is 1. The van der Waals surface area contributed by atoms with Gasteiger partial charge in [0.1, 0.15) is 0 Å². The van der Waals surface area contributed by atoms with E-state index in [1.165, 1.54) is 12.8 Å². The number of nitrogens with zero attached hydrogens (tertiary/aromatic N) is 2. The summed E-state index contributed by atoms with van der Waals surface area (Å²) in [5.41, 5.74) is 1.35. The number of fused-ring (bicyclic) bond motifs is 1. The highest BCUT2D eigenvalue weighted by molar-refractivity contribution is 5.78. The lowest BCUT2D eigenvalue weighted by molar-refractivity contribution is -0.135. The van der Waals surface area contributed by atoms with Crippen LogP contribution in [0, 0.1) is 5.92 Å². The van der Waals surface area contributed by atoms with Gasteiger partial charge in [0.05, 0.1) is 5.52 Å². The van der Waals surface area contributed by atoms with Crippen molar-refractivity contribution in [3.63, 3.8) is 0 Å². The number of amides is 1.